The van der Waals surface area contributed by atoms with Crippen LogP contribution in [-0.2, 0) is 25.9 Å². The summed E-state index contributed by atoms with van der Waals surface area (Å²) in [6.07, 6.45) is 0. The zero-order valence-corrected chi connectivity index (χ0v) is 17.9. The predicted octanol–water partition coefficient (Wildman–Crippen LogP) is 3.26. The lowest BCUT2D eigenvalue weighted by Crippen LogP contribution is -2.29. The van der Waals surface area contributed by atoms with Gasteiger partial charge in [0.05, 0.1) is 0 Å². The number of hydrogen-bond acceptors (Lipinski definition) is 7. The fraction of sp³-hybridized carbons (Fsp3) is 0.273. The van der Waals surface area contributed by atoms with Crippen LogP contribution in [0.3, 0.4) is 0 Å². The van der Waals surface area contributed by atoms with Gasteiger partial charge in [-0.1, -0.05) is 39.7 Å². The standard InChI is InChI=1S/C22H25FN4O4/c1-5-30-27-20(16-10-12-18(23)13-11-16)15(2)25-31-14-17-8-6-7-9-19(17)21(26-29-4)22(28)24-3/h6-13H,5,14H2,1-4H3,(H,24,28)/b25-15+,26-21-,27-20-. The molecule has 0 aliphatic rings. The van der Waals surface area contributed by atoms with Gasteiger partial charge in [0.1, 0.15) is 37.6 Å². The van der Waals surface area contributed by atoms with E-state index in [1.165, 1.54) is 26.3 Å². The lowest BCUT2D eigenvalue weighted by atomic mass is 10.0. The molecule has 164 valence electrons. The molecule has 1 amide bonds. The predicted molar refractivity (Wildman–Crippen MR) is 117 cm³/mol. The van der Waals surface area contributed by atoms with E-state index in [1.807, 2.05) is 6.07 Å². The van der Waals surface area contributed by atoms with Crippen LogP contribution in [-0.4, -0.2) is 43.8 Å². The van der Waals surface area contributed by atoms with Crippen LogP contribution in [0.5, 0.6) is 0 Å². The van der Waals surface area contributed by atoms with Gasteiger partial charge < -0.3 is 19.8 Å². The summed E-state index contributed by atoms with van der Waals surface area (Å²) in [7, 11) is 2.87. The first-order chi connectivity index (χ1) is 15.0. The normalized spacial score (nSPS) is 12.4. The van der Waals surface area contributed by atoms with Crippen molar-refractivity contribution in [3.63, 3.8) is 0 Å². The molecular weight excluding hydrogens is 403 g/mol. The molecule has 0 saturated heterocycles. The van der Waals surface area contributed by atoms with Crippen molar-refractivity contribution in [1.82, 2.24) is 5.32 Å². The summed E-state index contributed by atoms with van der Waals surface area (Å²) in [6, 6.07) is 13.0. The van der Waals surface area contributed by atoms with Gasteiger partial charge in [-0.05, 0) is 38.1 Å². The summed E-state index contributed by atoms with van der Waals surface area (Å²) >= 11 is 0. The maximum absolute atomic E-state index is 13.3. The number of oxime groups is 3. The van der Waals surface area contributed by atoms with Gasteiger partial charge in [0.15, 0.2) is 5.71 Å². The maximum Gasteiger partial charge on any atom is 0.273 e. The Morgan fingerprint density at radius 2 is 1.71 bits per heavy atom. The summed E-state index contributed by atoms with van der Waals surface area (Å²) in [5.74, 6) is -0.747. The fourth-order valence-electron chi connectivity index (χ4n) is 2.61. The molecule has 0 atom stereocenters. The molecule has 1 N–H and O–H groups in total. The van der Waals surface area contributed by atoms with E-state index >= 15 is 0 Å². The molecule has 8 nitrogen and oxygen atoms in total. The molecule has 2 rings (SSSR count). The number of hydrogen-bond donors (Lipinski definition) is 1. The Morgan fingerprint density at radius 1 is 1.00 bits per heavy atom. The highest BCUT2D eigenvalue weighted by Crippen LogP contribution is 2.13. The van der Waals surface area contributed by atoms with Crippen LogP contribution in [0.1, 0.15) is 30.5 Å². The van der Waals surface area contributed by atoms with E-state index in [9.17, 15) is 9.18 Å². The van der Waals surface area contributed by atoms with Gasteiger partial charge in [0.2, 0.25) is 0 Å². The summed E-state index contributed by atoms with van der Waals surface area (Å²) in [5, 5.41) is 14.5. The van der Waals surface area contributed by atoms with Gasteiger partial charge >= 0.3 is 0 Å². The quantitative estimate of drug-likeness (QED) is 0.464. The van der Waals surface area contributed by atoms with E-state index in [1.54, 1.807) is 44.2 Å². The molecule has 9 heteroatoms. The van der Waals surface area contributed by atoms with Crippen molar-refractivity contribution in [3.05, 3.63) is 71.0 Å². The SMILES string of the molecule is CCO/N=C(/C(C)=N/OCc1ccccc1/C(=N/OC)C(=O)NC)c1ccc(F)cc1. The van der Waals surface area contributed by atoms with Gasteiger partial charge in [0, 0.05) is 23.7 Å². The minimum atomic E-state index is -0.392. The summed E-state index contributed by atoms with van der Waals surface area (Å²) in [6.45, 7) is 3.94. The monoisotopic (exact) mass is 428 g/mol. The van der Waals surface area contributed by atoms with E-state index in [0.717, 1.165) is 0 Å². The highest BCUT2D eigenvalue weighted by molar-refractivity contribution is 6.47. The van der Waals surface area contributed by atoms with Gasteiger partial charge in [-0.3, -0.25) is 4.79 Å². The number of carbonyl (C=O) groups excluding carboxylic acids is 1. The third-order valence-electron chi connectivity index (χ3n) is 4.06. The average molecular weight is 428 g/mol. The number of benzene rings is 2. The molecule has 0 spiro atoms. The molecule has 0 radical (unpaired) electrons. The molecule has 0 unspecified atom stereocenters. The van der Waals surface area contributed by atoms with E-state index in [-0.39, 0.29) is 18.1 Å². The summed E-state index contributed by atoms with van der Waals surface area (Å²) < 4.78 is 13.3. The van der Waals surface area contributed by atoms with Gasteiger partial charge in [-0.15, -0.1) is 0 Å². The molecule has 0 aliphatic carbocycles. The van der Waals surface area contributed by atoms with Crippen molar-refractivity contribution in [1.29, 1.82) is 0 Å². The van der Waals surface area contributed by atoms with Gasteiger partial charge in [0.25, 0.3) is 5.91 Å². The number of rotatable bonds is 10. The second-order valence-electron chi connectivity index (χ2n) is 6.17. The van der Waals surface area contributed by atoms with Crippen LogP contribution in [0.4, 0.5) is 4.39 Å². The molecule has 0 heterocycles. The van der Waals surface area contributed by atoms with E-state index in [2.05, 4.69) is 20.8 Å². The summed E-state index contributed by atoms with van der Waals surface area (Å²) in [5.41, 5.74) is 2.85. The average Bonchev–Trinajstić information content (AvgIpc) is 2.79. The molecule has 0 fully saturated rings. The van der Waals surface area contributed by atoms with Gasteiger partial charge in [-0.2, -0.15) is 0 Å². The molecule has 2 aromatic carbocycles. The third kappa shape index (κ3) is 6.63. The fourth-order valence-corrected chi connectivity index (χ4v) is 2.61. The van der Waals surface area contributed by atoms with E-state index < -0.39 is 5.91 Å². The van der Waals surface area contributed by atoms with Crippen LogP contribution in [0.25, 0.3) is 0 Å². The molecule has 0 aromatic heterocycles. The van der Waals surface area contributed by atoms with Crippen LogP contribution in [0.2, 0.25) is 0 Å². The second-order valence-corrected chi connectivity index (χ2v) is 6.17. The Balaban J connectivity index is 2.25. The van der Waals surface area contributed by atoms with E-state index in [0.29, 0.717) is 34.7 Å². The Bertz CT molecular complexity index is 972. The van der Waals surface area contributed by atoms with Crippen molar-refractivity contribution in [3.8, 4) is 0 Å². The second kappa shape index (κ2) is 12.1. The number of nitrogens with one attached hydrogen (secondary N) is 1. The molecule has 2 aromatic rings. The number of nitrogens with zero attached hydrogens (tertiary/aromatic N) is 3. The van der Waals surface area contributed by atoms with Crippen molar-refractivity contribution in [2.24, 2.45) is 15.5 Å². The number of amides is 1. The first kappa shape index (κ1) is 23.5. The first-order valence-corrected chi connectivity index (χ1v) is 9.56. The minimum absolute atomic E-state index is 0.0680. The van der Waals surface area contributed by atoms with Crippen LogP contribution in [0, 0.1) is 5.82 Å². The Hall–Kier alpha value is -3.75. The molecule has 0 saturated carbocycles. The molecule has 0 bridgehead atoms. The lowest BCUT2D eigenvalue weighted by molar-refractivity contribution is -0.114. The van der Waals surface area contributed by atoms with E-state index in [4.69, 9.17) is 14.5 Å². The summed E-state index contributed by atoms with van der Waals surface area (Å²) in [4.78, 5) is 27.7. The zero-order valence-electron chi connectivity index (χ0n) is 17.9. The third-order valence-corrected chi connectivity index (χ3v) is 4.06. The molecular formula is C22H25FN4O4. The van der Waals surface area contributed by atoms with Crippen molar-refractivity contribution >= 4 is 23.0 Å². The van der Waals surface area contributed by atoms with Crippen LogP contribution >= 0.6 is 0 Å². The number of carbonyl (C=O) groups is 1. The maximum atomic E-state index is 13.3. The number of likely N-dealkylation sites (N-methyl/N-ethyl adjacent to an activating group) is 1. The van der Waals surface area contributed by atoms with Crippen LogP contribution < -0.4 is 5.32 Å². The molecule has 0 aliphatic heterocycles. The lowest BCUT2D eigenvalue weighted by Gasteiger charge is -2.11. The Morgan fingerprint density at radius 3 is 2.35 bits per heavy atom. The number of halogens is 1. The van der Waals surface area contributed by atoms with Crippen molar-refractivity contribution < 1.29 is 23.7 Å². The van der Waals surface area contributed by atoms with Crippen molar-refractivity contribution in [2.75, 3.05) is 20.8 Å². The first-order valence-electron chi connectivity index (χ1n) is 9.56. The largest absolute Gasteiger partial charge is 0.398 e. The molecule has 31 heavy (non-hydrogen) atoms. The Kier molecular flexibility index (Phi) is 9.15. The zero-order chi connectivity index (χ0) is 22.6. The smallest absolute Gasteiger partial charge is 0.273 e. The van der Waals surface area contributed by atoms with Crippen molar-refractivity contribution in [2.45, 2.75) is 20.5 Å². The minimum Gasteiger partial charge on any atom is -0.398 e. The topological polar surface area (TPSA) is 93.9 Å². The highest BCUT2D eigenvalue weighted by atomic mass is 19.1. The van der Waals surface area contributed by atoms with Gasteiger partial charge in [-0.25, -0.2) is 4.39 Å². The van der Waals surface area contributed by atoms with Crippen LogP contribution in [0.15, 0.2) is 64.0 Å². The highest BCUT2D eigenvalue weighted by Gasteiger charge is 2.17. The Labute approximate surface area is 180 Å².